The monoisotopic (exact) mass is 453 g/mol. The van der Waals surface area contributed by atoms with Crippen LogP contribution in [0.4, 0.5) is 5.69 Å². The molecule has 2 heterocycles. The summed E-state index contributed by atoms with van der Waals surface area (Å²) in [4.78, 5) is 32.4. The number of rotatable bonds is 5. The normalized spacial score (nSPS) is 12.0. The summed E-state index contributed by atoms with van der Waals surface area (Å²) in [7, 11) is 1.51. The lowest BCUT2D eigenvalue weighted by atomic mass is 10.2. The highest BCUT2D eigenvalue weighted by atomic mass is 35.5. The number of hydrogen-bond donors (Lipinski definition) is 1. The molecule has 0 fully saturated rings. The number of methoxy groups -OCH3 is 1. The summed E-state index contributed by atoms with van der Waals surface area (Å²) in [5, 5.41) is 3.76. The van der Waals surface area contributed by atoms with Crippen LogP contribution >= 0.6 is 22.9 Å². The Labute approximate surface area is 188 Å². The average molecular weight is 454 g/mol. The van der Waals surface area contributed by atoms with E-state index in [1.807, 2.05) is 36.4 Å². The van der Waals surface area contributed by atoms with E-state index in [0.29, 0.717) is 32.5 Å². The summed E-state index contributed by atoms with van der Waals surface area (Å²) in [6, 6.07) is 15.8. The van der Waals surface area contributed by atoms with E-state index in [1.165, 1.54) is 23.0 Å². The third-order valence-electron chi connectivity index (χ3n) is 5.02. The Hall–Kier alpha value is -3.16. The van der Waals surface area contributed by atoms with E-state index in [0.717, 1.165) is 10.4 Å². The number of fused-ring (bicyclic) bond motifs is 1. The van der Waals surface area contributed by atoms with Gasteiger partial charge in [-0.2, -0.15) is 0 Å². The van der Waals surface area contributed by atoms with E-state index in [1.54, 1.807) is 32.0 Å². The van der Waals surface area contributed by atoms with Gasteiger partial charge >= 0.3 is 0 Å². The number of benzene rings is 2. The fraction of sp³-hybridized carbons (Fsp3) is 0.174. The maximum atomic E-state index is 13.3. The highest BCUT2D eigenvalue weighted by molar-refractivity contribution is 7.21. The van der Waals surface area contributed by atoms with Gasteiger partial charge in [0.25, 0.3) is 5.56 Å². The Balaban J connectivity index is 1.71. The Morgan fingerprint density at radius 1 is 1.19 bits per heavy atom. The number of aryl methyl sites for hydroxylation is 1. The van der Waals surface area contributed by atoms with Gasteiger partial charge in [0.1, 0.15) is 22.4 Å². The van der Waals surface area contributed by atoms with Gasteiger partial charge in [0.15, 0.2) is 0 Å². The highest BCUT2D eigenvalue weighted by Gasteiger charge is 2.22. The molecule has 1 amide bonds. The van der Waals surface area contributed by atoms with E-state index in [-0.39, 0.29) is 11.5 Å². The molecule has 4 rings (SSSR count). The van der Waals surface area contributed by atoms with Crippen molar-refractivity contribution in [3.05, 3.63) is 75.8 Å². The molecular formula is C23H20ClN3O3S. The van der Waals surface area contributed by atoms with Crippen LogP contribution in [0, 0.1) is 6.92 Å². The van der Waals surface area contributed by atoms with Crippen molar-refractivity contribution in [2.75, 3.05) is 12.4 Å². The van der Waals surface area contributed by atoms with Crippen molar-refractivity contribution in [2.24, 2.45) is 0 Å². The first-order valence-corrected chi connectivity index (χ1v) is 10.8. The van der Waals surface area contributed by atoms with Crippen molar-refractivity contribution in [1.82, 2.24) is 9.55 Å². The fourth-order valence-electron chi connectivity index (χ4n) is 3.43. The molecule has 0 bridgehead atoms. The van der Waals surface area contributed by atoms with E-state index in [4.69, 9.17) is 16.3 Å². The van der Waals surface area contributed by atoms with E-state index in [9.17, 15) is 9.59 Å². The number of carbonyl (C=O) groups is 1. The molecule has 0 radical (unpaired) electrons. The number of thiophene rings is 1. The van der Waals surface area contributed by atoms with Gasteiger partial charge in [-0.3, -0.25) is 14.2 Å². The van der Waals surface area contributed by atoms with Gasteiger partial charge in [-0.05, 0) is 43.7 Å². The maximum Gasteiger partial charge on any atom is 0.263 e. The predicted molar refractivity (Wildman–Crippen MR) is 125 cm³/mol. The summed E-state index contributed by atoms with van der Waals surface area (Å²) in [5.74, 6) is 0.582. The zero-order chi connectivity index (χ0) is 22.1. The van der Waals surface area contributed by atoms with Crippen LogP contribution in [0.3, 0.4) is 0 Å². The molecule has 0 saturated carbocycles. The molecule has 0 saturated heterocycles. The zero-order valence-corrected chi connectivity index (χ0v) is 18.8. The Morgan fingerprint density at radius 2 is 1.94 bits per heavy atom. The summed E-state index contributed by atoms with van der Waals surface area (Å²) in [6.45, 7) is 3.39. The van der Waals surface area contributed by atoms with E-state index in [2.05, 4.69) is 10.3 Å². The Kier molecular flexibility index (Phi) is 5.80. The number of ether oxygens (including phenoxy) is 1. The molecule has 2 aromatic carbocycles. The van der Waals surface area contributed by atoms with Crippen LogP contribution < -0.4 is 15.6 Å². The minimum Gasteiger partial charge on any atom is -0.495 e. The smallest absolute Gasteiger partial charge is 0.263 e. The molecule has 0 aliphatic heterocycles. The lowest BCUT2D eigenvalue weighted by molar-refractivity contribution is -0.118. The molecule has 1 unspecified atom stereocenters. The van der Waals surface area contributed by atoms with E-state index < -0.39 is 6.04 Å². The molecule has 4 aromatic rings. The summed E-state index contributed by atoms with van der Waals surface area (Å²) in [5.41, 5.74) is 1.21. The Morgan fingerprint density at radius 3 is 2.65 bits per heavy atom. The third-order valence-corrected chi connectivity index (χ3v) is 6.33. The van der Waals surface area contributed by atoms with Crippen LogP contribution in [0.5, 0.6) is 5.75 Å². The molecule has 0 spiro atoms. The number of amides is 1. The highest BCUT2D eigenvalue weighted by Crippen LogP contribution is 2.32. The molecule has 8 heteroatoms. The largest absolute Gasteiger partial charge is 0.495 e. The first kappa shape index (κ1) is 21.1. The van der Waals surface area contributed by atoms with Crippen molar-refractivity contribution >= 4 is 44.7 Å². The number of nitrogens with zero attached hydrogens (tertiary/aromatic N) is 2. The lowest BCUT2D eigenvalue weighted by Crippen LogP contribution is -2.33. The van der Waals surface area contributed by atoms with Gasteiger partial charge in [0.2, 0.25) is 5.91 Å². The van der Waals surface area contributed by atoms with Crippen molar-refractivity contribution < 1.29 is 9.53 Å². The molecular weight excluding hydrogens is 434 g/mol. The third kappa shape index (κ3) is 4.06. The minimum atomic E-state index is -0.784. The summed E-state index contributed by atoms with van der Waals surface area (Å²) < 4.78 is 6.70. The van der Waals surface area contributed by atoms with Crippen LogP contribution in [0.25, 0.3) is 20.7 Å². The first-order valence-electron chi connectivity index (χ1n) is 9.61. The average Bonchev–Trinajstić information content (AvgIpc) is 3.19. The van der Waals surface area contributed by atoms with Crippen LogP contribution in [-0.2, 0) is 4.79 Å². The van der Waals surface area contributed by atoms with Crippen molar-refractivity contribution in [2.45, 2.75) is 19.9 Å². The van der Waals surface area contributed by atoms with Crippen LogP contribution in [0.2, 0.25) is 5.02 Å². The molecule has 2 aromatic heterocycles. The summed E-state index contributed by atoms with van der Waals surface area (Å²) >= 11 is 7.51. The number of anilines is 1. The van der Waals surface area contributed by atoms with Crippen LogP contribution in [-0.4, -0.2) is 22.6 Å². The van der Waals surface area contributed by atoms with Crippen molar-refractivity contribution in [3.63, 3.8) is 0 Å². The molecule has 31 heavy (non-hydrogen) atoms. The first-order chi connectivity index (χ1) is 14.9. The SMILES string of the molecule is COc1ccc(Cl)cc1NC(=O)C(C)n1c(C)nc2sc(-c3ccccc3)cc2c1=O. The molecule has 1 atom stereocenters. The van der Waals surface area contributed by atoms with Crippen molar-refractivity contribution in [1.29, 1.82) is 0 Å². The van der Waals surface area contributed by atoms with Gasteiger partial charge in [-0.25, -0.2) is 4.98 Å². The summed E-state index contributed by atoms with van der Waals surface area (Å²) in [6.07, 6.45) is 0. The van der Waals surface area contributed by atoms with Crippen LogP contribution in [0.15, 0.2) is 59.4 Å². The second-order valence-corrected chi connectivity index (χ2v) is 8.51. The van der Waals surface area contributed by atoms with Gasteiger partial charge in [0.05, 0.1) is 18.2 Å². The molecule has 1 N–H and O–H groups in total. The predicted octanol–water partition coefficient (Wildman–Crippen LogP) is 5.30. The number of hydrogen-bond acceptors (Lipinski definition) is 5. The second kappa shape index (κ2) is 8.53. The van der Waals surface area contributed by atoms with Crippen LogP contribution in [0.1, 0.15) is 18.8 Å². The number of nitrogens with one attached hydrogen (secondary N) is 1. The topological polar surface area (TPSA) is 73.2 Å². The molecule has 158 valence electrons. The van der Waals surface area contributed by atoms with E-state index >= 15 is 0 Å². The quantitative estimate of drug-likeness (QED) is 0.445. The second-order valence-electron chi connectivity index (χ2n) is 7.04. The number of halogens is 1. The fourth-order valence-corrected chi connectivity index (χ4v) is 4.67. The number of carbonyl (C=O) groups excluding carboxylic acids is 1. The van der Waals surface area contributed by atoms with Gasteiger partial charge in [-0.1, -0.05) is 41.9 Å². The number of aromatic nitrogens is 2. The molecule has 6 nitrogen and oxygen atoms in total. The van der Waals surface area contributed by atoms with Gasteiger partial charge < -0.3 is 10.1 Å². The lowest BCUT2D eigenvalue weighted by Gasteiger charge is -2.18. The molecule has 0 aliphatic carbocycles. The molecule has 0 aliphatic rings. The standard InChI is InChI=1S/C23H20ClN3O3S/c1-13(21(28)26-18-11-16(24)9-10-19(18)30-3)27-14(2)25-22-17(23(27)29)12-20(31-22)15-7-5-4-6-8-15/h4-13H,1-3H3,(H,26,28). The maximum absolute atomic E-state index is 13.3. The van der Waals surface area contributed by atoms with Gasteiger partial charge in [0, 0.05) is 9.90 Å². The minimum absolute atomic E-state index is 0.248. The van der Waals surface area contributed by atoms with Crippen molar-refractivity contribution in [3.8, 4) is 16.2 Å². The zero-order valence-electron chi connectivity index (χ0n) is 17.2. The van der Waals surface area contributed by atoms with Gasteiger partial charge in [-0.15, -0.1) is 11.3 Å². The Bertz CT molecular complexity index is 1330.